The lowest BCUT2D eigenvalue weighted by atomic mass is 9.87. The minimum Gasteiger partial charge on any atom is -0.493 e. The van der Waals surface area contributed by atoms with Gasteiger partial charge in [-0.1, -0.05) is 39.0 Å². The summed E-state index contributed by atoms with van der Waals surface area (Å²) in [5.74, 6) is -0.420. The van der Waals surface area contributed by atoms with Crippen LogP contribution in [0.2, 0.25) is 0 Å². The molecule has 1 N–H and O–H groups in total. The van der Waals surface area contributed by atoms with Gasteiger partial charge in [0.25, 0.3) is 5.91 Å². The van der Waals surface area contributed by atoms with Gasteiger partial charge in [0.15, 0.2) is 11.5 Å². The van der Waals surface area contributed by atoms with Crippen molar-refractivity contribution in [1.29, 1.82) is 0 Å². The van der Waals surface area contributed by atoms with Crippen molar-refractivity contribution < 1.29 is 23.0 Å². The van der Waals surface area contributed by atoms with E-state index in [1.54, 1.807) is 18.2 Å². The van der Waals surface area contributed by atoms with E-state index >= 15 is 0 Å². The number of hydrogen-bond donors (Lipinski definition) is 1. The van der Waals surface area contributed by atoms with E-state index in [0.717, 1.165) is 5.56 Å². The number of hydrazone groups is 1. The monoisotopic (exact) mass is 376 g/mol. The molecule has 0 saturated heterocycles. The normalized spacial score (nSPS) is 11.7. The Morgan fingerprint density at radius 1 is 1.15 bits per heavy atom. The Morgan fingerprint density at radius 2 is 1.81 bits per heavy atom. The highest BCUT2D eigenvalue weighted by atomic mass is 19.3. The molecule has 144 valence electrons. The van der Waals surface area contributed by atoms with Crippen molar-refractivity contribution in [2.75, 3.05) is 7.11 Å². The van der Waals surface area contributed by atoms with Gasteiger partial charge in [0.2, 0.25) is 0 Å². The maximum atomic E-state index is 12.6. The van der Waals surface area contributed by atoms with Crippen LogP contribution in [0, 0.1) is 0 Å². The van der Waals surface area contributed by atoms with E-state index in [2.05, 4.69) is 36.0 Å². The van der Waals surface area contributed by atoms with E-state index in [1.165, 1.54) is 25.5 Å². The number of methoxy groups -OCH3 is 1. The van der Waals surface area contributed by atoms with Gasteiger partial charge in [0, 0.05) is 11.1 Å². The first-order chi connectivity index (χ1) is 12.7. The first-order valence-corrected chi connectivity index (χ1v) is 8.28. The van der Waals surface area contributed by atoms with Crippen molar-refractivity contribution in [2.24, 2.45) is 5.10 Å². The van der Waals surface area contributed by atoms with Crippen LogP contribution >= 0.6 is 0 Å². The van der Waals surface area contributed by atoms with Gasteiger partial charge in [-0.05, 0) is 35.2 Å². The molecule has 0 unspecified atom stereocenters. The molecule has 0 spiro atoms. The van der Waals surface area contributed by atoms with Crippen LogP contribution in [0.25, 0.3) is 0 Å². The highest BCUT2D eigenvalue weighted by Crippen LogP contribution is 2.31. The number of benzene rings is 2. The number of ether oxygens (including phenoxy) is 2. The Balaban J connectivity index is 2.12. The molecule has 2 aromatic carbocycles. The smallest absolute Gasteiger partial charge is 0.387 e. The topological polar surface area (TPSA) is 59.9 Å². The zero-order chi connectivity index (χ0) is 20.0. The predicted octanol–water partition coefficient (Wildman–Crippen LogP) is 4.36. The number of carbonyl (C=O) groups excluding carboxylic acids is 1. The van der Waals surface area contributed by atoms with Crippen molar-refractivity contribution in [2.45, 2.75) is 32.8 Å². The van der Waals surface area contributed by atoms with Gasteiger partial charge in [-0.25, -0.2) is 5.43 Å². The van der Waals surface area contributed by atoms with E-state index < -0.39 is 12.5 Å². The average molecular weight is 376 g/mol. The molecule has 0 aliphatic rings. The summed E-state index contributed by atoms with van der Waals surface area (Å²) in [4.78, 5) is 12.2. The largest absolute Gasteiger partial charge is 0.493 e. The first kappa shape index (κ1) is 20.4. The van der Waals surface area contributed by atoms with E-state index in [0.29, 0.717) is 5.56 Å². The summed E-state index contributed by atoms with van der Waals surface area (Å²) in [7, 11) is 1.34. The first-order valence-electron chi connectivity index (χ1n) is 8.28. The number of nitrogens with one attached hydrogen (secondary N) is 1. The van der Waals surface area contributed by atoms with Crippen LogP contribution in [-0.2, 0) is 5.41 Å². The van der Waals surface area contributed by atoms with Crippen LogP contribution < -0.4 is 14.9 Å². The van der Waals surface area contributed by atoms with Crippen LogP contribution in [0.5, 0.6) is 11.5 Å². The lowest BCUT2D eigenvalue weighted by Gasteiger charge is -2.18. The molecule has 0 radical (unpaired) electrons. The SMILES string of the molecule is COc1cccc(/C=N\NC(=O)c2ccc(C(C)(C)C)cc2)c1OC(F)F. The zero-order valence-electron chi connectivity index (χ0n) is 15.6. The lowest BCUT2D eigenvalue weighted by Crippen LogP contribution is -2.18. The molecule has 0 aliphatic carbocycles. The molecule has 0 fully saturated rings. The molecular formula is C20H22F2N2O3. The Hall–Kier alpha value is -2.96. The second kappa shape index (κ2) is 8.62. The van der Waals surface area contributed by atoms with E-state index in [1.807, 2.05) is 12.1 Å². The Morgan fingerprint density at radius 3 is 2.37 bits per heavy atom. The standard InChI is InChI=1S/C20H22F2N2O3/c1-20(2,3)15-10-8-13(9-11-15)18(25)24-23-12-14-6-5-7-16(26-4)17(14)27-19(21)22/h5-12,19H,1-4H3,(H,24,25)/b23-12-. The molecular weight excluding hydrogens is 354 g/mol. The van der Waals surface area contributed by atoms with Gasteiger partial charge in [-0.3, -0.25) is 4.79 Å². The summed E-state index contributed by atoms with van der Waals surface area (Å²) >= 11 is 0. The summed E-state index contributed by atoms with van der Waals surface area (Å²) in [5, 5.41) is 3.83. The summed E-state index contributed by atoms with van der Waals surface area (Å²) < 4.78 is 34.7. The minimum absolute atomic E-state index is 0.0133. The number of hydrogen-bond acceptors (Lipinski definition) is 4. The molecule has 0 bridgehead atoms. The molecule has 0 aromatic heterocycles. The summed E-state index contributed by atoms with van der Waals surface area (Å²) in [6.07, 6.45) is 1.22. The molecule has 1 amide bonds. The van der Waals surface area contributed by atoms with Crippen LogP contribution in [0.1, 0.15) is 42.3 Å². The fraction of sp³-hybridized carbons (Fsp3) is 0.300. The molecule has 0 atom stereocenters. The Bertz CT molecular complexity index is 813. The molecule has 7 heteroatoms. The van der Waals surface area contributed by atoms with Crippen molar-refractivity contribution in [3.63, 3.8) is 0 Å². The number of halogens is 2. The van der Waals surface area contributed by atoms with Gasteiger partial charge < -0.3 is 9.47 Å². The number of alkyl halides is 2. The molecule has 0 saturated carbocycles. The van der Waals surface area contributed by atoms with E-state index in [4.69, 9.17) is 4.74 Å². The van der Waals surface area contributed by atoms with Crippen LogP contribution in [0.15, 0.2) is 47.6 Å². The third-order valence-corrected chi connectivity index (χ3v) is 3.82. The highest BCUT2D eigenvalue weighted by Gasteiger charge is 2.15. The number of para-hydroxylation sites is 1. The Labute approximate surface area is 157 Å². The van der Waals surface area contributed by atoms with Gasteiger partial charge >= 0.3 is 6.61 Å². The van der Waals surface area contributed by atoms with Crippen LogP contribution in [0.3, 0.4) is 0 Å². The summed E-state index contributed by atoms with van der Waals surface area (Å²) in [6.45, 7) is 3.24. The van der Waals surface area contributed by atoms with E-state index in [9.17, 15) is 13.6 Å². The number of carbonyl (C=O) groups is 1. The second-order valence-corrected chi connectivity index (χ2v) is 6.78. The van der Waals surface area contributed by atoms with Crippen LogP contribution in [0.4, 0.5) is 8.78 Å². The summed E-state index contributed by atoms with van der Waals surface area (Å²) in [6, 6.07) is 11.8. The number of rotatable bonds is 6. The maximum Gasteiger partial charge on any atom is 0.387 e. The molecule has 0 heterocycles. The molecule has 2 aromatic rings. The molecule has 2 rings (SSSR count). The molecule has 0 aliphatic heterocycles. The van der Waals surface area contributed by atoms with Crippen molar-refractivity contribution in [3.05, 3.63) is 59.2 Å². The van der Waals surface area contributed by atoms with Crippen molar-refractivity contribution in [1.82, 2.24) is 5.43 Å². The molecule has 27 heavy (non-hydrogen) atoms. The van der Waals surface area contributed by atoms with Crippen molar-refractivity contribution in [3.8, 4) is 11.5 Å². The highest BCUT2D eigenvalue weighted by molar-refractivity contribution is 5.95. The third kappa shape index (κ3) is 5.51. The van der Waals surface area contributed by atoms with Gasteiger partial charge in [0.1, 0.15) is 0 Å². The van der Waals surface area contributed by atoms with Crippen LogP contribution in [-0.4, -0.2) is 25.8 Å². The van der Waals surface area contributed by atoms with E-state index in [-0.39, 0.29) is 22.5 Å². The van der Waals surface area contributed by atoms with Crippen molar-refractivity contribution >= 4 is 12.1 Å². The van der Waals surface area contributed by atoms with Gasteiger partial charge in [-0.2, -0.15) is 13.9 Å². The summed E-state index contributed by atoms with van der Waals surface area (Å²) in [5.41, 5.74) is 4.15. The van der Waals surface area contributed by atoms with Gasteiger partial charge in [0.05, 0.1) is 13.3 Å². The number of amides is 1. The fourth-order valence-electron chi connectivity index (χ4n) is 2.36. The number of nitrogens with zero attached hydrogens (tertiary/aromatic N) is 1. The third-order valence-electron chi connectivity index (χ3n) is 3.82. The quantitative estimate of drug-likeness (QED) is 0.602. The maximum absolute atomic E-state index is 12.6. The molecule has 5 nitrogen and oxygen atoms in total. The minimum atomic E-state index is -3.01. The fourth-order valence-corrected chi connectivity index (χ4v) is 2.36. The Kier molecular flexibility index (Phi) is 6.50. The predicted molar refractivity (Wildman–Crippen MR) is 99.8 cm³/mol. The average Bonchev–Trinajstić information content (AvgIpc) is 2.61. The lowest BCUT2D eigenvalue weighted by molar-refractivity contribution is -0.0513. The zero-order valence-corrected chi connectivity index (χ0v) is 15.6. The second-order valence-electron chi connectivity index (χ2n) is 6.78. The van der Waals surface area contributed by atoms with Gasteiger partial charge in [-0.15, -0.1) is 0 Å².